The molecule has 0 aromatic heterocycles. The Balaban J connectivity index is 2.15. The number of ether oxygens (including phenoxy) is 1. The van der Waals surface area contributed by atoms with Gasteiger partial charge in [0.2, 0.25) is 9.84 Å². The lowest BCUT2D eigenvalue weighted by Gasteiger charge is -2.26. The van der Waals surface area contributed by atoms with Gasteiger partial charge in [-0.25, -0.2) is 13.2 Å². The lowest BCUT2D eigenvalue weighted by Crippen LogP contribution is -2.37. The van der Waals surface area contributed by atoms with Crippen LogP contribution in [0.3, 0.4) is 0 Å². The molecule has 1 heterocycles. The van der Waals surface area contributed by atoms with Crippen molar-refractivity contribution >= 4 is 21.5 Å². The highest BCUT2D eigenvalue weighted by molar-refractivity contribution is 7.91. The van der Waals surface area contributed by atoms with Crippen molar-refractivity contribution in [2.75, 3.05) is 18.1 Å². The smallest absolute Gasteiger partial charge is 0.417 e. The lowest BCUT2D eigenvalue weighted by molar-refractivity contribution is -0.144. The van der Waals surface area contributed by atoms with Gasteiger partial charge in [-0.15, -0.1) is 0 Å². The summed E-state index contributed by atoms with van der Waals surface area (Å²) in [5.41, 5.74) is -3.27. The molecule has 1 fully saturated rings. The fraction of sp³-hybridized carbons (Fsp3) is 0.381. The Morgan fingerprint density at radius 3 is 2.21 bits per heavy atom. The predicted molar refractivity (Wildman–Crippen MR) is 105 cm³/mol. The third-order valence-electron chi connectivity index (χ3n) is 5.18. The zero-order valence-electron chi connectivity index (χ0n) is 17.2. The molecule has 5 nitrogen and oxygen atoms in total. The summed E-state index contributed by atoms with van der Waals surface area (Å²) < 4.78 is 113. The van der Waals surface area contributed by atoms with Gasteiger partial charge in [-0.05, 0) is 50.1 Å². The van der Waals surface area contributed by atoms with E-state index in [1.54, 1.807) is 6.92 Å². The molecular formula is C21H19F6NO4S. The first kappa shape index (κ1) is 24.9. The van der Waals surface area contributed by atoms with E-state index in [2.05, 4.69) is 0 Å². The summed E-state index contributed by atoms with van der Waals surface area (Å²) in [6.07, 6.45) is -9.46. The lowest BCUT2D eigenvalue weighted by atomic mass is 10.1. The van der Waals surface area contributed by atoms with Crippen molar-refractivity contribution in [2.45, 2.75) is 48.0 Å². The van der Waals surface area contributed by atoms with Crippen LogP contribution >= 0.6 is 0 Å². The number of alkyl halides is 6. The maximum Gasteiger partial charge on any atom is 0.417 e. The van der Waals surface area contributed by atoms with E-state index in [-0.39, 0.29) is 18.8 Å². The van der Waals surface area contributed by atoms with Crippen molar-refractivity contribution in [2.24, 2.45) is 0 Å². The molecule has 0 spiro atoms. The van der Waals surface area contributed by atoms with Crippen LogP contribution in [0.2, 0.25) is 0 Å². The Morgan fingerprint density at radius 2 is 1.61 bits per heavy atom. The number of esters is 1. The van der Waals surface area contributed by atoms with Gasteiger partial charge in [0.1, 0.15) is 6.04 Å². The number of carbonyl (C=O) groups is 1. The van der Waals surface area contributed by atoms with Gasteiger partial charge in [0, 0.05) is 12.2 Å². The maximum atomic E-state index is 13.9. The van der Waals surface area contributed by atoms with E-state index < -0.39 is 55.1 Å². The van der Waals surface area contributed by atoms with Gasteiger partial charge in [0.05, 0.1) is 27.5 Å². The molecule has 180 valence electrons. The van der Waals surface area contributed by atoms with Gasteiger partial charge in [0.25, 0.3) is 0 Å². The van der Waals surface area contributed by atoms with E-state index in [9.17, 15) is 39.6 Å². The van der Waals surface area contributed by atoms with Crippen LogP contribution in [-0.4, -0.2) is 33.6 Å². The van der Waals surface area contributed by atoms with Gasteiger partial charge in [-0.2, -0.15) is 26.3 Å². The maximum absolute atomic E-state index is 13.9. The van der Waals surface area contributed by atoms with Crippen LogP contribution in [-0.2, 0) is 31.7 Å². The van der Waals surface area contributed by atoms with Crippen LogP contribution < -0.4 is 4.90 Å². The quantitative estimate of drug-likeness (QED) is 0.427. The molecule has 1 atom stereocenters. The molecule has 0 N–H and O–H groups in total. The second kappa shape index (κ2) is 8.88. The van der Waals surface area contributed by atoms with Gasteiger partial charge in [-0.1, -0.05) is 12.1 Å². The molecule has 0 bridgehead atoms. The number of carbonyl (C=O) groups excluding carboxylic acids is 1. The second-order valence-corrected chi connectivity index (χ2v) is 9.17. The molecule has 0 radical (unpaired) electrons. The highest BCUT2D eigenvalue weighted by atomic mass is 32.2. The molecule has 0 amide bonds. The van der Waals surface area contributed by atoms with Crippen molar-refractivity contribution in [3.05, 3.63) is 53.6 Å². The summed E-state index contributed by atoms with van der Waals surface area (Å²) in [6.45, 7) is 1.88. The predicted octanol–water partition coefficient (Wildman–Crippen LogP) is 5.09. The fourth-order valence-corrected chi connectivity index (χ4v) is 5.44. The standard InChI is InChI=1S/C21H19F6NO4S/c1-2-32-19(29)16-7-5-11-28(16)13-9-10-18(15(12-13)21(25,26)27)33(30,31)17-8-4-3-6-14(17)20(22,23)24/h3-4,6,8-10,12,16H,2,5,7,11H2,1H3. The Kier molecular flexibility index (Phi) is 6.69. The summed E-state index contributed by atoms with van der Waals surface area (Å²) >= 11 is 0. The van der Waals surface area contributed by atoms with Crippen LogP contribution in [0.4, 0.5) is 32.0 Å². The van der Waals surface area contributed by atoms with Crippen LogP contribution in [0, 0.1) is 0 Å². The number of hydrogen-bond acceptors (Lipinski definition) is 5. The van der Waals surface area contributed by atoms with Crippen molar-refractivity contribution < 1.29 is 44.3 Å². The summed E-state index contributed by atoms with van der Waals surface area (Å²) in [4.78, 5) is 11.0. The summed E-state index contributed by atoms with van der Waals surface area (Å²) in [7, 11) is -5.20. The molecule has 1 unspecified atom stereocenters. The van der Waals surface area contributed by atoms with E-state index in [4.69, 9.17) is 4.74 Å². The Hall–Kier alpha value is -2.76. The molecule has 1 aliphatic rings. The van der Waals surface area contributed by atoms with Crippen LogP contribution in [0.25, 0.3) is 0 Å². The monoisotopic (exact) mass is 495 g/mol. The first-order valence-electron chi connectivity index (χ1n) is 9.84. The van der Waals surface area contributed by atoms with Gasteiger partial charge in [-0.3, -0.25) is 0 Å². The number of anilines is 1. The minimum Gasteiger partial charge on any atom is -0.464 e. The normalized spacial score (nSPS) is 17.3. The fourth-order valence-electron chi connectivity index (χ4n) is 3.77. The van der Waals surface area contributed by atoms with Gasteiger partial charge in [0.15, 0.2) is 0 Å². The topological polar surface area (TPSA) is 63.7 Å². The minimum atomic E-state index is -5.20. The number of sulfone groups is 1. The number of halogens is 6. The molecule has 0 aliphatic carbocycles. The molecule has 1 aliphatic heterocycles. The molecule has 2 aromatic rings. The average Bonchev–Trinajstić information content (AvgIpc) is 3.22. The average molecular weight is 495 g/mol. The first-order valence-corrected chi connectivity index (χ1v) is 11.3. The highest BCUT2D eigenvalue weighted by Crippen LogP contribution is 2.42. The van der Waals surface area contributed by atoms with Crippen molar-refractivity contribution in [3.8, 4) is 0 Å². The van der Waals surface area contributed by atoms with E-state index in [1.165, 1.54) is 4.90 Å². The van der Waals surface area contributed by atoms with Gasteiger partial charge < -0.3 is 9.64 Å². The van der Waals surface area contributed by atoms with E-state index >= 15 is 0 Å². The zero-order valence-corrected chi connectivity index (χ0v) is 18.0. The molecule has 33 heavy (non-hydrogen) atoms. The summed E-state index contributed by atoms with van der Waals surface area (Å²) in [5, 5.41) is 0. The molecule has 0 saturated carbocycles. The second-order valence-electron chi connectivity index (χ2n) is 7.28. The van der Waals surface area contributed by atoms with Crippen LogP contribution in [0.5, 0.6) is 0 Å². The third-order valence-corrected chi connectivity index (χ3v) is 7.05. The number of nitrogens with zero attached hydrogens (tertiary/aromatic N) is 1. The molecule has 12 heteroatoms. The SMILES string of the molecule is CCOC(=O)C1CCCN1c1ccc(S(=O)(=O)c2ccccc2C(F)(F)F)c(C(F)(F)F)c1. The van der Waals surface area contributed by atoms with Crippen LogP contribution in [0.1, 0.15) is 30.9 Å². The minimum absolute atomic E-state index is 0.0762. The molecule has 2 aromatic carbocycles. The van der Waals surface area contributed by atoms with Crippen molar-refractivity contribution in [1.29, 1.82) is 0 Å². The van der Waals surface area contributed by atoms with E-state index in [0.29, 0.717) is 37.1 Å². The highest BCUT2D eigenvalue weighted by Gasteiger charge is 2.43. The first-order chi connectivity index (χ1) is 15.3. The Morgan fingerprint density at radius 1 is 1.00 bits per heavy atom. The van der Waals surface area contributed by atoms with E-state index in [1.807, 2.05) is 0 Å². The number of benzene rings is 2. The zero-order chi connectivity index (χ0) is 24.6. The Bertz CT molecular complexity index is 1140. The van der Waals surface area contributed by atoms with Crippen LogP contribution in [0.15, 0.2) is 52.3 Å². The number of rotatable bonds is 5. The summed E-state index contributed by atoms with van der Waals surface area (Å²) in [5.74, 6) is -0.626. The Labute approximate surface area is 185 Å². The molecule has 1 saturated heterocycles. The molecular weight excluding hydrogens is 476 g/mol. The van der Waals surface area contributed by atoms with Gasteiger partial charge >= 0.3 is 18.3 Å². The van der Waals surface area contributed by atoms with Crippen molar-refractivity contribution in [1.82, 2.24) is 0 Å². The largest absolute Gasteiger partial charge is 0.464 e. The molecule has 3 rings (SSSR count). The number of hydrogen-bond donors (Lipinski definition) is 0. The summed E-state index contributed by atoms with van der Waals surface area (Å²) in [6, 6.07) is 4.42. The van der Waals surface area contributed by atoms with Crippen molar-refractivity contribution in [3.63, 3.8) is 0 Å². The third kappa shape index (κ3) is 4.94. The van der Waals surface area contributed by atoms with E-state index in [0.717, 1.165) is 18.2 Å².